The molecule has 2 N–H and O–H groups in total. The fraction of sp³-hybridized carbons (Fsp3) is 0.290. The average Bonchev–Trinajstić information content (AvgIpc) is 3.36. The van der Waals surface area contributed by atoms with E-state index in [1.165, 1.54) is 10.8 Å². The maximum Gasteiger partial charge on any atom is 0.330 e. The van der Waals surface area contributed by atoms with E-state index in [9.17, 15) is 14.7 Å². The van der Waals surface area contributed by atoms with E-state index < -0.39 is 35.3 Å². The summed E-state index contributed by atoms with van der Waals surface area (Å²) in [6.07, 6.45) is -0.763. The number of benzene rings is 3. The number of aromatic amines is 1. The van der Waals surface area contributed by atoms with Crippen LogP contribution in [0.1, 0.15) is 34.9 Å². The monoisotopic (exact) mass is 544 g/mol. The molecular formula is C31H32N2O7. The number of methoxy groups -OCH3 is 2. The predicted octanol–water partition coefficient (Wildman–Crippen LogP) is 3.52. The molecular weight excluding hydrogens is 512 g/mol. The lowest BCUT2D eigenvalue weighted by Crippen LogP contribution is -2.38. The first-order chi connectivity index (χ1) is 19.3. The fourth-order valence-corrected chi connectivity index (χ4v) is 5.12. The van der Waals surface area contributed by atoms with Crippen LogP contribution < -0.4 is 20.7 Å². The maximum atomic E-state index is 12.5. The average molecular weight is 545 g/mol. The van der Waals surface area contributed by atoms with Gasteiger partial charge in [0.1, 0.15) is 29.4 Å². The van der Waals surface area contributed by atoms with E-state index in [0.29, 0.717) is 17.1 Å². The van der Waals surface area contributed by atoms with Gasteiger partial charge in [0.15, 0.2) is 0 Å². The molecule has 9 heteroatoms. The molecule has 1 saturated heterocycles. The Labute approximate surface area is 231 Å². The van der Waals surface area contributed by atoms with E-state index in [0.717, 1.165) is 16.7 Å². The number of ether oxygens (including phenoxy) is 4. The Bertz CT molecular complexity index is 1500. The van der Waals surface area contributed by atoms with Crippen molar-refractivity contribution in [2.75, 3.05) is 20.8 Å². The van der Waals surface area contributed by atoms with Crippen LogP contribution >= 0.6 is 0 Å². The van der Waals surface area contributed by atoms with Crippen molar-refractivity contribution in [1.82, 2.24) is 9.55 Å². The van der Waals surface area contributed by atoms with Gasteiger partial charge in [-0.05, 0) is 47.9 Å². The number of aryl methyl sites for hydroxylation is 1. The van der Waals surface area contributed by atoms with Gasteiger partial charge in [-0.25, -0.2) is 4.79 Å². The van der Waals surface area contributed by atoms with Gasteiger partial charge in [0.25, 0.3) is 5.56 Å². The number of hydrogen-bond acceptors (Lipinski definition) is 7. The second-order valence-electron chi connectivity index (χ2n) is 9.73. The first-order valence-electron chi connectivity index (χ1n) is 13.0. The van der Waals surface area contributed by atoms with E-state index in [4.69, 9.17) is 18.9 Å². The molecule has 1 fully saturated rings. The molecule has 0 radical (unpaired) electrons. The number of aliphatic hydroxyl groups is 1. The van der Waals surface area contributed by atoms with Gasteiger partial charge in [0.2, 0.25) is 0 Å². The Morgan fingerprint density at radius 3 is 2.00 bits per heavy atom. The van der Waals surface area contributed by atoms with Gasteiger partial charge < -0.3 is 24.1 Å². The summed E-state index contributed by atoms with van der Waals surface area (Å²) >= 11 is 0. The quantitative estimate of drug-likeness (QED) is 0.310. The van der Waals surface area contributed by atoms with Crippen LogP contribution in [-0.4, -0.2) is 47.7 Å². The fourth-order valence-electron chi connectivity index (χ4n) is 5.12. The van der Waals surface area contributed by atoms with Gasteiger partial charge in [0.05, 0.1) is 26.9 Å². The molecule has 0 spiro atoms. The Kier molecular flexibility index (Phi) is 7.88. The maximum absolute atomic E-state index is 12.5. The molecule has 0 aliphatic carbocycles. The van der Waals surface area contributed by atoms with Crippen LogP contribution in [-0.2, 0) is 15.1 Å². The lowest BCUT2D eigenvalue weighted by molar-refractivity contribution is -0.0944. The Balaban J connectivity index is 1.54. The van der Waals surface area contributed by atoms with E-state index in [1.54, 1.807) is 21.1 Å². The number of nitrogens with zero attached hydrogens (tertiary/aromatic N) is 1. The molecule has 1 aliphatic rings. The highest BCUT2D eigenvalue weighted by atomic mass is 16.6. The highest BCUT2D eigenvalue weighted by Gasteiger charge is 2.42. The van der Waals surface area contributed by atoms with Gasteiger partial charge in [-0.15, -0.1) is 0 Å². The molecule has 40 heavy (non-hydrogen) atoms. The van der Waals surface area contributed by atoms with Crippen molar-refractivity contribution >= 4 is 0 Å². The first kappa shape index (κ1) is 27.4. The van der Waals surface area contributed by atoms with Crippen molar-refractivity contribution < 1.29 is 24.1 Å². The van der Waals surface area contributed by atoms with E-state index in [2.05, 4.69) is 4.98 Å². The summed E-state index contributed by atoms with van der Waals surface area (Å²) < 4.78 is 25.1. The summed E-state index contributed by atoms with van der Waals surface area (Å²) in [7, 11) is 3.23. The summed E-state index contributed by atoms with van der Waals surface area (Å²) in [4.78, 5) is 26.6. The van der Waals surface area contributed by atoms with Gasteiger partial charge in [-0.2, -0.15) is 0 Å². The standard InChI is InChI=1S/C31H32N2O7/c1-20-18-33(30(36)32-29(20)35)28-17-26(34)27(40-28)19-39-31(21-7-5-4-6-8-21,22-9-13-24(37-2)14-10-22)23-11-15-25(38-3)16-12-23/h4-16,18,26-28,34H,17,19H2,1-3H3,(H,32,35,36)/t26-,27?,28?/m1/s1. The number of nitrogens with one attached hydrogen (secondary N) is 1. The topological polar surface area (TPSA) is 112 Å². The molecule has 9 nitrogen and oxygen atoms in total. The minimum atomic E-state index is -1.08. The van der Waals surface area contributed by atoms with Crippen molar-refractivity contribution in [2.24, 2.45) is 0 Å². The van der Waals surface area contributed by atoms with Crippen molar-refractivity contribution in [3.05, 3.63) is 128 Å². The number of aliphatic hydroxyl groups excluding tert-OH is 1. The highest BCUT2D eigenvalue weighted by Crippen LogP contribution is 2.42. The van der Waals surface area contributed by atoms with Crippen LogP contribution in [0, 0.1) is 6.92 Å². The largest absolute Gasteiger partial charge is 0.497 e. The summed E-state index contributed by atoms with van der Waals surface area (Å²) in [5, 5.41) is 11.0. The zero-order valence-electron chi connectivity index (χ0n) is 22.6. The van der Waals surface area contributed by atoms with Gasteiger partial charge in [-0.3, -0.25) is 14.3 Å². The summed E-state index contributed by atoms with van der Waals surface area (Å²) in [6.45, 7) is 1.63. The van der Waals surface area contributed by atoms with Crippen molar-refractivity contribution in [2.45, 2.75) is 37.4 Å². The number of rotatable bonds is 9. The van der Waals surface area contributed by atoms with Crippen LogP contribution in [0.5, 0.6) is 11.5 Å². The smallest absolute Gasteiger partial charge is 0.330 e. The summed E-state index contributed by atoms with van der Waals surface area (Å²) in [5.41, 5.74) is 0.825. The van der Waals surface area contributed by atoms with Crippen molar-refractivity contribution in [3.63, 3.8) is 0 Å². The molecule has 4 aromatic rings. The highest BCUT2D eigenvalue weighted by molar-refractivity contribution is 5.49. The second kappa shape index (κ2) is 11.5. The Morgan fingerprint density at radius 1 is 0.900 bits per heavy atom. The molecule has 0 bridgehead atoms. The predicted molar refractivity (Wildman–Crippen MR) is 149 cm³/mol. The molecule has 1 aliphatic heterocycles. The normalized spacial score (nSPS) is 18.9. The lowest BCUT2D eigenvalue weighted by atomic mass is 9.80. The molecule has 208 valence electrons. The second-order valence-corrected chi connectivity index (χ2v) is 9.73. The third kappa shape index (κ3) is 5.19. The minimum absolute atomic E-state index is 0.0156. The molecule has 2 heterocycles. The molecule has 0 saturated carbocycles. The third-order valence-corrected chi connectivity index (χ3v) is 7.30. The van der Waals surface area contributed by atoms with Gasteiger partial charge >= 0.3 is 5.69 Å². The van der Waals surface area contributed by atoms with E-state index in [1.807, 2.05) is 78.9 Å². The van der Waals surface area contributed by atoms with Crippen LogP contribution in [0.2, 0.25) is 0 Å². The molecule has 2 unspecified atom stereocenters. The minimum Gasteiger partial charge on any atom is -0.497 e. The zero-order valence-corrected chi connectivity index (χ0v) is 22.6. The van der Waals surface area contributed by atoms with Crippen LogP contribution in [0.4, 0.5) is 0 Å². The Morgan fingerprint density at radius 2 is 1.45 bits per heavy atom. The van der Waals surface area contributed by atoms with E-state index in [-0.39, 0.29) is 13.0 Å². The lowest BCUT2D eigenvalue weighted by Gasteiger charge is -2.37. The number of hydrogen-bond donors (Lipinski definition) is 2. The van der Waals surface area contributed by atoms with Crippen LogP contribution in [0.25, 0.3) is 0 Å². The van der Waals surface area contributed by atoms with Crippen LogP contribution in [0.3, 0.4) is 0 Å². The van der Waals surface area contributed by atoms with Crippen molar-refractivity contribution in [3.8, 4) is 11.5 Å². The third-order valence-electron chi connectivity index (χ3n) is 7.30. The first-order valence-corrected chi connectivity index (χ1v) is 13.0. The summed E-state index contributed by atoms with van der Waals surface area (Å²) in [5.74, 6) is 1.42. The SMILES string of the molecule is COc1ccc(C(OCC2OC(n3cc(C)c(=O)[nH]c3=O)C[C@H]2O)(c2ccccc2)c2ccc(OC)cc2)cc1. The summed E-state index contributed by atoms with van der Waals surface area (Å²) in [6, 6.07) is 25.1. The van der Waals surface area contributed by atoms with Crippen LogP contribution in [0.15, 0.2) is 94.6 Å². The van der Waals surface area contributed by atoms with E-state index >= 15 is 0 Å². The number of H-pyrrole nitrogens is 1. The van der Waals surface area contributed by atoms with Gasteiger partial charge in [-0.1, -0.05) is 54.6 Å². The Hall–Kier alpha value is -4.18. The number of aromatic nitrogens is 2. The molecule has 5 rings (SSSR count). The molecule has 3 atom stereocenters. The molecule has 3 aromatic carbocycles. The molecule has 1 aromatic heterocycles. The molecule has 0 amide bonds. The zero-order chi connectivity index (χ0) is 28.3. The van der Waals surface area contributed by atoms with Gasteiger partial charge in [0, 0.05) is 18.2 Å². The van der Waals surface area contributed by atoms with Crippen molar-refractivity contribution in [1.29, 1.82) is 0 Å².